The minimum Gasteiger partial charge on any atom is -0.272 e. The molecule has 0 fully saturated rings. The first-order chi connectivity index (χ1) is 2.27. The van der Waals surface area contributed by atoms with Crippen molar-refractivity contribution in [3.8, 4) is 0 Å². The van der Waals surface area contributed by atoms with E-state index >= 15 is 0 Å². The van der Waals surface area contributed by atoms with E-state index in [1.54, 1.807) is 0 Å². The maximum absolute atomic E-state index is 8.00. The van der Waals surface area contributed by atoms with Crippen LogP contribution >= 0.6 is 0 Å². The zero-order valence-electron chi connectivity index (χ0n) is 3.10. The molecule has 0 rings (SSSR count). The van der Waals surface area contributed by atoms with Gasteiger partial charge in [-0.25, -0.2) is 0 Å². The molecule has 0 saturated carbocycles. The molecule has 0 aliphatic heterocycles. The van der Waals surface area contributed by atoms with Crippen LogP contribution in [0.5, 0.6) is 0 Å². The minimum absolute atomic E-state index is 0.120. The Morgan fingerprint density at radius 1 is 2.00 bits per heavy atom. The van der Waals surface area contributed by atoms with Gasteiger partial charge in [0.05, 0.1) is 0 Å². The van der Waals surface area contributed by atoms with E-state index in [9.17, 15) is 0 Å². The second kappa shape index (κ2) is 1.76. The molecule has 3 radical (unpaired) electrons. The summed E-state index contributed by atoms with van der Waals surface area (Å²) in [6.45, 7) is 3.06. The third kappa shape index (κ3) is 3.47. The molecular weight excluding hydrogens is 64.0 g/mol. The molecule has 0 saturated heterocycles. The van der Waals surface area contributed by atoms with E-state index in [1.807, 2.05) is 0 Å². The van der Waals surface area contributed by atoms with Gasteiger partial charge in [-0.15, -0.1) is 5.73 Å². The maximum atomic E-state index is 8.00. The van der Waals surface area contributed by atoms with Gasteiger partial charge in [-0.05, 0) is 0 Å². The number of hydrogen-bond acceptors (Lipinski definition) is 1. The SMILES string of the molecule is [CH2]C([N])=NC. The van der Waals surface area contributed by atoms with Gasteiger partial charge in [0.15, 0.2) is 0 Å². The molecule has 0 amide bonds. The van der Waals surface area contributed by atoms with E-state index in [2.05, 4.69) is 11.9 Å². The Labute approximate surface area is 31.7 Å². The largest absolute Gasteiger partial charge is 0.272 e. The van der Waals surface area contributed by atoms with Crippen molar-refractivity contribution in [1.82, 2.24) is 5.73 Å². The van der Waals surface area contributed by atoms with Gasteiger partial charge in [0.25, 0.3) is 0 Å². The topological polar surface area (TPSA) is 34.7 Å². The van der Waals surface area contributed by atoms with Crippen LogP contribution in [0.25, 0.3) is 0 Å². The molecule has 0 bridgehead atoms. The van der Waals surface area contributed by atoms with Crippen molar-refractivity contribution in [3.05, 3.63) is 6.92 Å². The maximum Gasteiger partial charge on any atom is 0.146 e. The fraction of sp³-hybridized carbons (Fsp3) is 0.333. The van der Waals surface area contributed by atoms with Crippen molar-refractivity contribution in [3.63, 3.8) is 0 Å². The number of rotatable bonds is 0. The highest BCUT2D eigenvalue weighted by molar-refractivity contribution is 5.83. The molecule has 0 unspecified atom stereocenters. The quantitative estimate of drug-likeness (QED) is 0.281. The molecule has 27 valence electrons. The summed E-state index contributed by atoms with van der Waals surface area (Å²) < 4.78 is 0. The summed E-state index contributed by atoms with van der Waals surface area (Å²) in [4.78, 5) is 3.25. The van der Waals surface area contributed by atoms with Crippen LogP contribution in [0.15, 0.2) is 4.99 Å². The predicted octanol–water partition coefficient (Wildman–Crippen LogP) is -0.0825. The third-order valence-corrected chi connectivity index (χ3v) is 0.258. The highest BCUT2D eigenvalue weighted by Crippen LogP contribution is 1.54. The van der Waals surface area contributed by atoms with Crippen molar-refractivity contribution in [2.75, 3.05) is 7.05 Å². The van der Waals surface area contributed by atoms with Gasteiger partial charge < -0.3 is 0 Å². The van der Waals surface area contributed by atoms with E-state index in [4.69, 9.17) is 5.73 Å². The summed E-state index contributed by atoms with van der Waals surface area (Å²) in [6, 6.07) is 0. The summed E-state index contributed by atoms with van der Waals surface area (Å²) in [7, 11) is 1.47. The van der Waals surface area contributed by atoms with E-state index in [0.717, 1.165) is 0 Å². The Balaban J connectivity index is 3.14. The van der Waals surface area contributed by atoms with Crippen molar-refractivity contribution >= 4 is 5.84 Å². The lowest BCUT2D eigenvalue weighted by Gasteiger charge is -1.69. The first-order valence-corrected chi connectivity index (χ1v) is 1.25. The monoisotopic (exact) mass is 69.0 g/mol. The summed E-state index contributed by atoms with van der Waals surface area (Å²) in [5.74, 6) is -0.120. The van der Waals surface area contributed by atoms with Gasteiger partial charge in [0.1, 0.15) is 5.84 Å². The predicted molar refractivity (Wildman–Crippen MR) is 20.8 cm³/mol. The molecule has 2 heteroatoms. The van der Waals surface area contributed by atoms with Crippen LogP contribution in [-0.2, 0) is 0 Å². The van der Waals surface area contributed by atoms with E-state index in [0.29, 0.717) is 0 Å². The summed E-state index contributed by atoms with van der Waals surface area (Å²) >= 11 is 0. The summed E-state index contributed by atoms with van der Waals surface area (Å²) in [5.41, 5.74) is 8.00. The first kappa shape index (κ1) is 4.47. The molecule has 0 aromatic rings. The number of amidine groups is 1. The van der Waals surface area contributed by atoms with E-state index in [1.165, 1.54) is 7.05 Å². The van der Waals surface area contributed by atoms with E-state index < -0.39 is 0 Å². The van der Waals surface area contributed by atoms with Gasteiger partial charge in [-0.2, -0.15) is 0 Å². The fourth-order valence-electron chi connectivity index (χ4n) is 0. The highest BCUT2D eigenvalue weighted by Gasteiger charge is 1.68. The summed E-state index contributed by atoms with van der Waals surface area (Å²) in [6.07, 6.45) is 0. The molecule has 0 aromatic carbocycles. The summed E-state index contributed by atoms with van der Waals surface area (Å²) in [5, 5.41) is 0. The second-order valence-electron chi connectivity index (χ2n) is 0.640. The van der Waals surface area contributed by atoms with Crippen molar-refractivity contribution in [2.24, 2.45) is 4.99 Å². The molecule has 0 aromatic heterocycles. The zero-order valence-corrected chi connectivity index (χ0v) is 3.10. The Hall–Kier alpha value is -0.530. The fourth-order valence-corrected chi connectivity index (χ4v) is 0. The smallest absolute Gasteiger partial charge is 0.146 e. The Kier molecular flexibility index (Phi) is 1.57. The second-order valence-corrected chi connectivity index (χ2v) is 0.640. The molecule has 0 heterocycles. The van der Waals surface area contributed by atoms with Crippen molar-refractivity contribution in [1.29, 1.82) is 0 Å². The lowest BCUT2D eigenvalue weighted by Crippen LogP contribution is -1.86. The number of hydrogen-bond donors (Lipinski definition) is 0. The normalized spacial score (nSPS) is 12.0. The first-order valence-electron chi connectivity index (χ1n) is 1.25. The lowest BCUT2D eigenvalue weighted by molar-refractivity contribution is 1.40. The standard InChI is InChI=1S/C3H5N2/c1-3(4)5-2/h1H2,2H3. The van der Waals surface area contributed by atoms with Gasteiger partial charge in [-0.1, -0.05) is 0 Å². The average molecular weight is 69.1 g/mol. The van der Waals surface area contributed by atoms with Gasteiger partial charge in [0.2, 0.25) is 0 Å². The molecule has 2 nitrogen and oxygen atoms in total. The molecule has 0 aliphatic carbocycles. The van der Waals surface area contributed by atoms with Crippen LogP contribution in [0.4, 0.5) is 0 Å². The average Bonchev–Trinajstić information content (AvgIpc) is 1.38. The lowest BCUT2D eigenvalue weighted by atomic mass is 10.7. The third-order valence-electron chi connectivity index (χ3n) is 0.258. The Morgan fingerprint density at radius 2 is 2.20 bits per heavy atom. The molecule has 0 aliphatic rings. The van der Waals surface area contributed by atoms with Crippen LogP contribution in [0.3, 0.4) is 0 Å². The number of nitrogens with zero attached hydrogens (tertiary/aromatic N) is 2. The minimum atomic E-state index is -0.120. The molecular formula is C3H5N2. The zero-order chi connectivity index (χ0) is 4.28. The molecule has 0 spiro atoms. The number of aliphatic imine (C=N–C) groups is 1. The van der Waals surface area contributed by atoms with Gasteiger partial charge >= 0.3 is 0 Å². The molecule has 0 N–H and O–H groups in total. The Morgan fingerprint density at radius 3 is 2.20 bits per heavy atom. The van der Waals surface area contributed by atoms with Crippen molar-refractivity contribution < 1.29 is 0 Å². The van der Waals surface area contributed by atoms with Crippen LogP contribution in [0, 0.1) is 6.92 Å². The Bertz CT molecular complexity index is 42.9. The van der Waals surface area contributed by atoms with Gasteiger partial charge in [-0.3, -0.25) is 4.99 Å². The van der Waals surface area contributed by atoms with Crippen LogP contribution < -0.4 is 5.73 Å². The van der Waals surface area contributed by atoms with Gasteiger partial charge in [0, 0.05) is 14.0 Å². The molecule has 5 heavy (non-hydrogen) atoms. The van der Waals surface area contributed by atoms with E-state index in [-0.39, 0.29) is 5.84 Å². The van der Waals surface area contributed by atoms with Crippen LogP contribution in [-0.4, -0.2) is 12.9 Å². The highest BCUT2D eigenvalue weighted by atomic mass is 14.8. The van der Waals surface area contributed by atoms with Crippen molar-refractivity contribution in [2.45, 2.75) is 0 Å². The van der Waals surface area contributed by atoms with Crippen LogP contribution in [0.1, 0.15) is 0 Å². The molecule has 0 atom stereocenters. The van der Waals surface area contributed by atoms with Crippen LogP contribution in [0.2, 0.25) is 0 Å².